The molecule has 6 heteroatoms. The molecule has 1 aliphatic heterocycles. The van der Waals surface area contributed by atoms with Crippen LogP contribution < -0.4 is 5.32 Å². The quantitative estimate of drug-likeness (QED) is 0.534. The van der Waals surface area contributed by atoms with E-state index < -0.39 is 0 Å². The molecule has 4 rings (SSSR count). The predicted molar refractivity (Wildman–Crippen MR) is 120 cm³/mol. The third kappa shape index (κ3) is 3.80. The number of phenolic OH excluding ortho intramolecular Hbond substituents is 1. The van der Waals surface area contributed by atoms with Crippen LogP contribution in [0.3, 0.4) is 0 Å². The Bertz CT molecular complexity index is 1110. The van der Waals surface area contributed by atoms with Crippen molar-refractivity contribution in [3.05, 3.63) is 57.8 Å². The minimum Gasteiger partial charge on any atom is -0.508 e. The van der Waals surface area contributed by atoms with Gasteiger partial charge in [0.15, 0.2) is 0 Å². The van der Waals surface area contributed by atoms with E-state index in [2.05, 4.69) is 17.1 Å². The predicted octanol–water partition coefficient (Wildman–Crippen LogP) is 6.04. The summed E-state index contributed by atoms with van der Waals surface area (Å²) in [5, 5.41) is 14.9. The Morgan fingerprint density at radius 2 is 2.07 bits per heavy atom. The van der Waals surface area contributed by atoms with Crippen LogP contribution in [0.15, 0.2) is 34.7 Å². The van der Waals surface area contributed by atoms with Crippen molar-refractivity contribution >= 4 is 34.2 Å². The largest absolute Gasteiger partial charge is 0.508 e. The highest BCUT2D eigenvalue weighted by atomic mass is 35.5. The van der Waals surface area contributed by atoms with Crippen LogP contribution in [0.1, 0.15) is 53.4 Å². The van der Waals surface area contributed by atoms with Gasteiger partial charge in [0.05, 0.1) is 5.56 Å². The summed E-state index contributed by atoms with van der Waals surface area (Å²) in [6.07, 6.45) is 3.51. The number of nitrogens with one attached hydrogen (secondary N) is 1. The van der Waals surface area contributed by atoms with Gasteiger partial charge in [0.25, 0.3) is 5.91 Å². The molecule has 0 saturated carbocycles. The number of aryl methyl sites for hydroxylation is 1. The molecule has 2 heterocycles. The number of hydrogen-bond acceptors (Lipinski definition) is 4. The van der Waals surface area contributed by atoms with Crippen LogP contribution in [0.5, 0.6) is 5.75 Å². The van der Waals surface area contributed by atoms with Gasteiger partial charge in [-0.25, -0.2) is 0 Å². The number of nitrogens with zero attached hydrogens (tertiary/aromatic N) is 1. The van der Waals surface area contributed by atoms with Gasteiger partial charge in [-0.15, -0.1) is 0 Å². The summed E-state index contributed by atoms with van der Waals surface area (Å²) in [6, 6.07) is 9.24. The number of aromatic hydroxyl groups is 1. The number of halogens is 1. The van der Waals surface area contributed by atoms with Gasteiger partial charge in [-0.3, -0.25) is 9.69 Å². The van der Waals surface area contributed by atoms with Crippen molar-refractivity contribution in [2.45, 2.75) is 52.6 Å². The number of anilines is 1. The van der Waals surface area contributed by atoms with Crippen LogP contribution in [-0.4, -0.2) is 28.5 Å². The third-order valence-electron chi connectivity index (χ3n) is 6.16. The lowest BCUT2D eigenvalue weighted by atomic mass is 9.99. The number of likely N-dealkylation sites (tertiary alicyclic amines) is 1. The molecular weight excluding hydrogens is 400 g/mol. The molecule has 1 saturated heterocycles. The normalized spacial score (nSPS) is 17.4. The first-order valence-electron chi connectivity index (χ1n) is 10.4. The second-order valence-corrected chi connectivity index (χ2v) is 8.56. The van der Waals surface area contributed by atoms with Crippen LogP contribution >= 0.6 is 11.6 Å². The van der Waals surface area contributed by atoms with Gasteiger partial charge >= 0.3 is 0 Å². The molecule has 0 aliphatic carbocycles. The molecule has 0 bridgehead atoms. The Morgan fingerprint density at radius 3 is 2.83 bits per heavy atom. The van der Waals surface area contributed by atoms with Crippen LogP contribution in [0.25, 0.3) is 11.0 Å². The van der Waals surface area contributed by atoms with E-state index in [1.807, 2.05) is 13.0 Å². The first-order chi connectivity index (χ1) is 14.4. The molecule has 2 aromatic carbocycles. The van der Waals surface area contributed by atoms with E-state index in [1.165, 1.54) is 6.42 Å². The molecule has 3 aromatic rings. The minimum absolute atomic E-state index is 0.189. The van der Waals surface area contributed by atoms with E-state index in [0.717, 1.165) is 30.5 Å². The van der Waals surface area contributed by atoms with Crippen molar-refractivity contribution in [1.29, 1.82) is 0 Å². The summed E-state index contributed by atoms with van der Waals surface area (Å²) in [5.41, 5.74) is 3.28. The maximum absolute atomic E-state index is 13.3. The number of amides is 1. The van der Waals surface area contributed by atoms with Crippen LogP contribution in [0.2, 0.25) is 5.02 Å². The molecule has 1 aromatic heterocycles. The topological polar surface area (TPSA) is 65.7 Å². The fraction of sp³-hybridized carbons (Fsp3) is 0.375. The van der Waals surface area contributed by atoms with Crippen molar-refractivity contribution in [3.8, 4) is 5.75 Å². The third-order valence-corrected chi connectivity index (χ3v) is 6.57. The number of rotatable bonds is 4. The van der Waals surface area contributed by atoms with E-state index in [4.69, 9.17) is 16.0 Å². The number of phenols is 1. The van der Waals surface area contributed by atoms with Crippen LogP contribution in [-0.2, 0) is 6.54 Å². The second kappa shape index (κ2) is 8.32. The summed E-state index contributed by atoms with van der Waals surface area (Å²) in [5.74, 6) is 0.449. The Morgan fingerprint density at radius 1 is 1.27 bits per heavy atom. The van der Waals surface area contributed by atoms with Crippen molar-refractivity contribution < 1.29 is 14.3 Å². The Labute approximate surface area is 181 Å². The highest BCUT2D eigenvalue weighted by Crippen LogP contribution is 2.36. The summed E-state index contributed by atoms with van der Waals surface area (Å²) in [4.78, 5) is 15.6. The molecule has 30 heavy (non-hydrogen) atoms. The highest BCUT2D eigenvalue weighted by Gasteiger charge is 2.26. The number of hydrogen-bond donors (Lipinski definition) is 2. The maximum atomic E-state index is 13.3. The van der Waals surface area contributed by atoms with E-state index in [9.17, 15) is 9.90 Å². The zero-order valence-electron chi connectivity index (χ0n) is 17.6. The molecule has 1 fully saturated rings. The first-order valence-corrected chi connectivity index (χ1v) is 10.8. The number of carbonyl (C=O) groups excluding carboxylic acids is 1. The second-order valence-electron chi connectivity index (χ2n) is 8.15. The summed E-state index contributed by atoms with van der Waals surface area (Å²) < 4.78 is 5.91. The molecule has 5 nitrogen and oxygen atoms in total. The van der Waals surface area contributed by atoms with Crippen molar-refractivity contribution in [2.24, 2.45) is 0 Å². The lowest BCUT2D eigenvalue weighted by Gasteiger charge is -2.33. The number of piperidine rings is 1. The molecule has 1 aliphatic rings. The average Bonchev–Trinajstić information content (AvgIpc) is 3.05. The summed E-state index contributed by atoms with van der Waals surface area (Å²) in [7, 11) is 0. The number of benzene rings is 2. The van der Waals surface area contributed by atoms with E-state index in [1.54, 1.807) is 31.2 Å². The minimum atomic E-state index is -0.268. The summed E-state index contributed by atoms with van der Waals surface area (Å²) >= 11 is 6.21. The lowest BCUT2D eigenvalue weighted by Crippen LogP contribution is -2.36. The van der Waals surface area contributed by atoms with Crippen molar-refractivity contribution in [2.75, 3.05) is 11.9 Å². The molecule has 158 valence electrons. The van der Waals surface area contributed by atoms with E-state index in [-0.39, 0.29) is 11.7 Å². The molecule has 0 unspecified atom stereocenters. The van der Waals surface area contributed by atoms with E-state index >= 15 is 0 Å². The highest BCUT2D eigenvalue weighted by molar-refractivity contribution is 6.31. The molecule has 0 spiro atoms. The first kappa shape index (κ1) is 20.8. The van der Waals surface area contributed by atoms with E-state index in [0.29, 0.717) is 45.6 Å². The number of fused-ring (bicyclic) bond motifs is 1. The van der Waals surface area contributed by atoms with Gasteiger partial charge in [-0.1, -0.05) is 24.1 Å². The van der Waals surface area contributed by atoms with Gasteiger partial charge in [-0.2, -0.15) is 0 Å². The molecular formula is C24H27ClN2O3. The van der Waals surface area contributed by atoms with Gasteiger partial charge in [0.1, 0.15) is 17.1 Å². The monoisotopic (exact) mass is 426 g/mol. The fourth-order valence-corrected chi connectivity index (χ4v) is 4.50. The Hall–Kier alpha value is -2.50. The number of furan rings is 1. The molecule has 1 amide bonds. The van der Waals surface area contributed by atoms with Crippen LogP contribution in [0, 0.1) is 13.8 Å². The van der Waals surface area contributed by atoms with Gasteiger partial charge < -0.3 is 14.8 Å². The lowest BCUT2D eigenvalue weighted by molar-refractivity contribution is 0.102. The van der Waals surface area contributed by atoms with Crippen molar-refractivity contribution in [3.63, 3.8) is 0 Å². The van der Waals surface area contributed by atoms with Crippen molar-refractivity contribution in [1.82, 2.24) is 4.90 Å². The standard InChI is InChI=1S/C24H27ClN2O3/c1-14-7-4-5-12-27(14)13-17-20(28)10-11-21-23(17)22(16(3)30-21)24(29)26-19-9-6-8-18(25)15(19)2/h6,8-11,14,28H,4-5,7,12-13H2,1-3H3,(H,26,29)/t14-/m1/s1. The van der Waals surface area contributed by atoms with Gasteiger partial charge in [-0.05, 0) is 70.0 Å². The zero-order valence-corrected chi connectivity index (χ0v) is 18.3. The average molecular weight is 427 g/mol. The fourth-order valence-electron chi connectivity index (χ4n) is 4.32. The number of carbonyl (C=O) groups is 1. The SMILES string of the molecule is Cc1oc2ccc(O)c(CN3CCCC[C@H]3C)c2c1C(=O)Nc1cccc(Cl)c1C. The van der Waals surface area contributed by atoms with Crippen LogP contribution in [0.4, 0.5) is 5.69 Å². The molecule has 1 atom stereocenters. The Balaban J connectivity index is 1.76. The summed E-state index contributed by atoms with van der Waals surface area (Å²) in [6.45, 7) is 7.43. The molecule has 2 N–H and O–H groups in total. The molecule has 0 radical (unpaired) electrons. The van der Waals surface area contributed by atoms with Gasteiger partial charge in [0, 0.05) is 34.2 Å². The smallest absolute Gasteiger partial charge is 0.259 e. The van der Waals surface area contributed by atoms with Gasteiger partial charge in [0.2, 0.25) is 0 Å². The Kier molecular flexibility index (Phi) is 5.76. The maximum Gasteiger partial charge on any atom is 0.259 e. The zero-order chi connectivity index (χ0) is 21.4.